The fourth-order valence-electron chi connectivity index (χ4n) is 1.44. The standard InChI is InChI=1S/C8H16S4/c9-3-1-8(2-4-10)7-11-5-6-12-8/h9-10H,1-7H2. The first-order chi connectivity index (χ1) is 5.83. The Morgan fingerprint density at radius 2 is 1.75 bits per heavy atom. The van der Waals surface area contributed by atoms with Gasteiger partial charge in [0.25, 0.3) is 0 Å². The molecule has 0 N–H and O–H groups in total. The molecule has 1 aliphatic rings. The lowest BCUT2D eigenvalue weighted by Crippen LogP contribution is -2.33. The third kappa shape index (κ3) is 3.28. The molecular formula is C8H16S4. The summed E-state index contributed by atoms with van der Waals surface area (Å²) in [6, 6.07) is 0. The Balaban J connectivity index is 2.44. The molecule has 1 saturated heterocycles. The summed E-state index contributed by atoms with van der Waals surface area (Å²) >= 11 is 12.9. The second-order valence-corrected chi connectivity index (χ2v) is 6.59. The molecule has 1 aliphatic heterocycles. The number of thiol groups is 2. The zero-order valence-electron chi connectivity index (χ0n) is 7.16. The minimum Gasteiger partial charge on any atom is -0.179 e. The van der Waals surface area contributed by atoms with E-state index in [0.717, 1.165) is 11.5 Å². The van der Waals surface area contributed by atoms with Crippen LogP contribution in [0, 0.1) is 0 Å². The van der Waals surface area contributed by atoms with Crippen LogP contribution in [0.1, 0.15) is 12.8 Å². The summed E-state index contributed by atoms with van der Waals surface area (Å²) in [5.74, 6) is 5.97. The zero-order valence-corrected chi connectivity index (χ0v) is 10.6. The summed E-state index contributed by atoms with van der Waals surface area (Å²) < 4.78 is 0.506. The van der Waals surface area contributed by atoms with Crippen molar-refractivity contribution >= 4 is 48.8 Å². The van der Waals surface area contributed by atoms with Gasteiger partial charge < -0.3 is 0 Å². The average molecular weight is 240 g/mol. The van der Waals surface area contributed by atoms with Crippen molar-refractivity contribution in [2.75, 3.05) is 28.8 Å². The van der Waals surface area contributed by atoms with Crippen LogP contribution in [0.5, 0.6) is 0 Å². The van der Waals surface area contributed by atoms with Crippen LogP contribution in [0.15, 0.2) is 0 Å². The highest BCUT2D eigenvalue weighted by Crippen LogP contribution is 2.40. The van der Waals surface area contributed by atoms with Gasteiger partial charge in [-0.25, -0.2) is 0 Å². The Labute approximate surface area is 94.8 Å². The van der Waals surface area contributed by atoms with E-state index in [0.29, 0.717) is 4.75 Å². The van der Waals surface area contributed by atoms with Crippen molar-refractivity contribution in [3.63, 3.8) is 0 Å². The normalized spacial score (nSPS) is 22.5. The Morgan fingerprint density at radius 3 is 2.17 bits per heavy atom. The first-order valence-corrected chi connectivity index (χ1v) is 7.67. The smallest absolute Gasteiger partial charge is 0.0266 e. The molecule has 0 unspecified atom stereocenters. The van der Waals surface area contributed by atoms with Crippen molar-refractivity contribution in [1.29, 1.82) is 0 Å². The molecule has 0 atom stereocenters. The maximum absolute atomic E-state index is 4.33. The van der Waals surface area contributed by atoms with Gasteiger partial charge in [0, 0.05) is 22.0 Å². The van der Waals surface area contributed by atoms with Crippen molar-refractivity contribution in [2.45, 2.75) is 17.6 Å². The minimum atomic E-state index is 0.506. The molecule has 0 aromatic heterocycles. The van der Waals surface area contributed by atoms with E-state index in [-0.39, 0.29) is 0 Å². The summed E-state index contributed by atoms with van der Waals surface area (Å²) in [5, 5.41) is 0. The van der Waals surface area contributed by atoms with Crippen LogP contribution in [-0.4, -0.2) is 33.5 Å². The topological polar surface area (TPSA) is 0 Å². The SMILES string of the molecule is SCCC1(CCS)CSCCS1. The molecule has 1 heterocycles. The predicted molar refractivity (Wildman–Crippen MR) is 69.5 cm³/mol. The van der Waals surface area contributed by atoms with E-state index in [1.165, 1.54) is 30.1 Å². The summed E-state index contributed by atoms with van der Waals surface area (Å²) in [4.78, 5) is 0. The first-order valence-electron chi connectivity index (χ1n) is 4.26. The molecule has 0 nitrogen and oxygen atoms in total. The molecule has 4 heteroatoms. The van der Waals surface area contributed by atoms with Gasteiger partial charge in [0.1, 0.15) is 0 Å². The highest BCUT2D eigenvalue weighted by Gasteiger charge is 2.31. The summed E-state index contributed by atoms with van der Waals surface area (Å²) in [6.07, 6.45) is 2.49. The Bertz CT molecular complexity index is 105. The summed E-state index contributed by atoms with van der Waals surface area (Å²) in [7, 11) is 0. The van der Waals surface area contributed by atoms with Crippen LogP contribution in [-0.2, 0) is 0 Å². The van der Waals surface area contributed by atoms with Gasteiger partial charge in [0.2, 0.25) is 0 Å². The van der Waals surface area contributed by atoms with Gasteiger partial charge in [-0.1, -0.05) is 0 Å². The van der Waals surface area contributed by atoms with E-state index >= 15 is 0 Å². The zero-order chi connectivity index (χ0) is 8.86. The van der Waals surface area contributed by atoms with E-state index in [9.17, 15) is 0 Å². The van der Waals surface area contributed by atoms with Crippen molar-refractivity contribution in [3.05, 3.63) is 0 Å². The van der Waals surface area contributed by atoms with Gasteiger partial charge in [-0.05, 0) is 24.3 Å². The van der Waals surface area contributed by atoms with E-state index in [4.69, 9.17) is 0 Å². The van der Waals surface area contributed by atoms with Crippen LogP contribution >= 0.6 is 48.8 Å². The molecule has 0 saturated carbocycles. The van der Waals surface area contributed by atoms with Crippen LogP contribution < -0.4 is 0 Å². The molecule has 72 valence electrons. The maximum Gasteiger partial charge on any atom is 0.0266 e. The lowest BCUT2D eigenvalue weighted by Gasteiger charge is -2.35. The van der Waals surface area contributed by atoms with Gasteiger partial charge >= 0.3 is 0 Å². The van der Waals surface area contributed by atoms with Gasteiger partial charge in [-0.2, -0.15) is 48.8 Å². The Morgan fingerprint density at radius 1 is 1.08 bits per heavy atom. The maximum atomic E-state index is 4.33. The fraction of sp³-hybridized carbons (Fsp3) is 1.00. The van der Waals surface area contributed by atoms with E-state index in [2.05, 4.69) is 48.8 Å². The molecule has 0 aromatic rings. The molecule has 1 rings (SSSR count). The quantitative estimate of drug-likeness (QED) is 0.725. The number of hydrogen-bond donors (Lipinski definition) is 2. The largest absolute Gasteiger partial charge is 0.179 e. The first kappa shape index (κ1) is 11.5. The lowest BCUT2D eigenvalue weighted by molar-refractivity contribution is 0.618. The van der Waals surface area contributed by atoms with Crippen LogP contribution in [0.2, 0.25) is 0 Å². The van der Waals surface area contributed by atoms with Crippen molar-refractivity contribution in [3.8, 4) is 0 Å². The number of hydrogen-bond acceptors (Lipinski definition) is 4. The molecule has 0 aliphatic carbocycles. The van der Waals surface area contributed by atoms with Crippen molar-refractivity contribution < 1.29 is 0 Å². The van der Waals surface area contributed by atoms with Crippen LogP contribution in [0.3, 0.4) is 0 Å². The molecule has 12 heavy (non-hydrogen) atoms. The number of thioether (sulfide) groups is 2. The molecular weight excluding hydrogens is 224 g/mol. The Kier molecular flexibility index (Phi) is 5.73. The van der Waals surface area contributed by atoms with Crippen molar-refractivity contribution in [1.82, 2.24) is 0 Å². The highest BCUT2D eigenvalue weighted by molar-refractivity contribution is 8.07. The second-order valence-electron chi connectivity index (χ2n) is 3.03. The molecule has 0 bridgehead atoms. The highest BCUT2D eigenvalue weighted by atomic mass is 32.2. The molecule has 1 fully saturated rings. The third-order valence-electron chi connectivity index (χ3n) is 2.14. The van der Waals surface area contributed by atoms with Gasteiger partial charge in [0.05, 0.1) is 0 Å². The average Bonchev–Trinajstić information content (AvgIpc) is 2.07. The lowest BCUT2D eigenvalue weighted by atomic mass is 10.1. The third-order valence-corrected chi connectivity index (χ3v) is 5.85. The van der Waals surface area contributed by atoms with E-state index in [1.54, 1.807) is 0 Å². The summed E-state index contributed by atoms with van der Waals surface area (Å²) in [6.45, 7) is 0. The fourth-order valence-corrected chi connectivity index (χ4v) is 5.72. The van der Waals surface area contributed by atoms with E-state index in [1.807, 2.05) is 0 Å². The molecule has 0 spiro atoms. The molecule has 0 aromatic carbocycles. The molecule has 0 amide bonds. The minimum absolute atomic E-state index is 0.506. The van der Waals surface area contributed by atoms with Crippen LogP contribution in [0.25, 0.3) is 0 Å². The van der Waals surface area contributed by atoms with Gasteiger partial charge in [-0.3, -0.25) is 0 Å². The number of rotatable bonds is 4. The monoisotopic (exact) mass is 240 g/mol. The Hall–Kier alpha value is 1.40. The van der Waals surface area contributed by atoms with Crippen LogP contribution in [0.4, 0.5) is 0 Å². The molecule has 0 radical (unpaired) electrons. The van der Waals surface area contributed by atoms with Gasteiger partial charge in [0.15, 0.2) is 0 Å². The predicted octanol–water partition coefficient (Wildman–Crippen LogP) is 2.85. The van der Waals surface area contributed by atoms with Crippen molar-refractivity contribution in [2.24, 2.45) is 0 Å². The van der Waals surface area contributed by atoms with Gasteiger partial charge in [-0.15, -0.1) is 0 Å². The van der Waals surface area contributed by atoms with E-state index < -0.39 is 0 Å². The summed E-state index contributed by atoms with van der Waals surface area (Å²) in [5.41, 5.74) is 0. The second kappa shape index (κ2) is 5.99.